The first-order valence-electron chi connectivity index (χ1n) is 7.45. The van der Waals surface area contributed by atoms with Crippen LogP contribution in [0.25, 0.3) is 6.08 Å². The van der Waals surface area contributed by atoms with Gasteiger partial charge in [-0.2, -0.15) is 4.99 Å². The first kappa shape index (κ1) is 15.9. The van der Waals surface area contributed by atoms with Crippen molar-refractivity contribution < 1.29 is 14.3 Å². The molecule has 0 spiro atoms. The number of amidine groups is 1. The van der Waals surface area contributed by atoms with Gasteiger partial charge in [-0.25, -0.2) is 4.98 Å². The molecule has 0 atom stereocenters. The number of fused-ring (bicyclic) bond motifs is 1. The van der Waals surface area contributed by atoms with Gasteiger partial charge in [-0.1, -0.05) is 12.1 Å². The fourth-order valence-corrected chi connectivity index (χ4v) is 3.94. The number of thiazole rings is 1. The molecule has 2 aliphatic rings. The number of nitrogens with zero attached hydrogens (tertiary/aromatic N) is 3. The van der Waals surface area contributed by atoms with Gasteiger partial charge in [-0.05, 0) is 35.5 Å². The van der Waals surface area contributed by atoms with Crippen LogP contribution in [0.1, 0.15) is 5.56 Å². The fraction of sp³-hybridized carbons (Fsp3) is 0.118. The minimum Gasteiger partial charge on any atom is -0.454 e. The molecule has 126 valence electrons. The summed E-state index contributed by atoms with van der Waals surface area (Å²) >= 11 is 2.75. The standard InChI is InChI=1S/C17H13N3O3S2/c1-2-6-20-15(21)14(25-17(20)19-16-18-5-7-24-16)9-11-3-4-12-13(8-11)23-10-22-12/h2-5,7-9H,1,6,10H2/b14-9-,19-17+. The Kier molecular flexibility index (Phi) is 4.29. The summed E-state index contributed by atoms with van der Waals surface area (Å²) in [6.07, 6.45) is 5.20. The third-order valence-corrected chi connectivity index (χ3v) is 5.18. The Balaban J connectivity index is 1.66. The van der Waals surface area contributed by atoms with Gasteiger partial charge in [0, 0.05) is 18.1 Å². The predicted octanol–water partition coefficient (Wildman–Crippen LogP) is 3.66. The Morgan fingerprint density at radius 3 is 3.04 bits per heavy atom. The number of carbonyl (C=O) groups excluding carboxylic acids is 1. The second-order valence-electron chi connectivity index (χ2n) is 5.14. The van der Waals surface area contributed by atoms with Gasteiger partial charge >= 0.3 is 0 Å². The molecule has 0 unspecified atom stereocenters. The van der Waals surface area contributed by atoms with E-state index in [1.807, 2.05) is 29.7 Å². The minimum atomic E-state index is -0.0992. The van der Waals surface area contributed by atoms with E-state index in [0.29, 0.717) is 33.2 Å². The summed E-state index contributed by atoms with van der Waals surface area (Å²) in [5.74, 6) is 1.30. The molecule has 0 saturated carbocycles. The molecule has 8 heteroatoms. The SMILES string of the molecule is C=CCN1C(=O)/C(=C/c2ccc3c(c2)OCO3)S/C1=N/c1nccs1. The molecular formula is C17H13N3O3S2. The Labute approximate surface area is 152 Å². The lowest BCUT2D eigenvalue weighted by Gasteiger charge is -2.11. The van der Waals surface area contributed by atoms with Crippen molar-refractivity contribution in [2.24, 2.45) is 4.99 Å². The monoisotopic (exact) mass is 371 g/mol. The summed E-state index contributed by atoms with van der Waals surface area (Å²) < 4.78 is 10.7. The number of hydrogen-bond donors (Lipinski definition) is 0. The Morgan fingerprint density at radius 2 is 2.24 bits per heavy atom. The highest BCUT2D eigenvalue weighted by Crippen LogP contribution is 2.37. The third-order valence-electron chi connectivity index (χ3n) is 3.50. The summed E-state index contributed by atoms with van der Waals surface area (Å²) in [5.41, 5.74) is 0.870. The average molecular weight is 371 g/mol. The molecular weight excluding hydrogens is 358 g/mol. The van der Waals surface area contributed by atoms with Crippen molar-refractivity contribution in [1.29, 1.82) is 0 Å². The van der Waals surface area contributed by atoms with Crippen LogP contribution in [-0.4, -0.2) is 34.3 Å². The van der Waals surface area contributed by atoms with Gasteiger partial charge in [0.05, 0.1) is 4.91 Å². The summed E-state index contributed by atoms with van der Waals surface area (Å²) in [5, 5.41) is 3.07. The zero-order chi connectivity index (χ0) is 17.2. The number of benzene rings is 1. The molecule has 0 bridgehead atoms. The third kappa shape index (κ3) is 3.18. The topological polar surface area (TPSA) is 64.0 Å². The van der Waals surface area contributed by atoms with Crippen molar-refractivity contribution in [3.63, 3.8) is 0 Å². The van der Waals surface area contributed by atoms with Crippen molar-refractivity contribution in [3.8, 4) is 11.5 Å². The van der Waals surface area contributed by atoms with Crippen molar-refractivity contribution in [3.05, 3.63) is 52.9 Å². The van der Waals surface area contributed by atoms with Crippen molar-refractivity contribution >= 4 is 45.4 Å². The molecule has 3 heterocycles. The van der Waals surface area contributed by atoms with E-state index in [4.69, 9.17) is 9.47 Å². The number of ether oxygens (including phenoxy) is 2. The fourth-order valence-electron chi connectivity index (χ4n) is 2.39. The van der Waals surface area contributed by atoms with Gasteiger partial charge in [0.25, 0.3) is 5.91 Å². The maximum absolute atomic E-state index is 12.7. The molecule has 0 radical (unpaired) electrons. The Morgan fingerprint density at radius 1 is 1.36 bits per heavy atom. The maximum Gasteiger partial charge on any atom is 0.267 e. The van der Waals surface area contributed by atoms with E-state index in [2.05, 4.69) is 16.6 Å². The van der Waals surface area contributed by atoms with Gasteiger partial charge in [0.15, 0.2) is 16.7 Å². The van der Waals surface area contributed by atoms with Gasteiger partial charge in [0.2, 0.25) is 11.9 Å². The van der Waals surface area contributed by atoms with Crippen LogP contribution in [-0.2, 0) is 4.79 Å². The molecule has 1 saturated heterocycles. The zero-order valence-corrected chi connectivity index (χ0v) is 14.7. The number of aromatic nitrogens is 1. The number of amides is 1. The molecule has 0 aliphatic carbocycles. The highest BCUT2D eigenvalue weighted by atomic mass is 32.2. The maximum atomic E-state index is 12.7. The minimum absolute atomic E-state index is 0.0992. The molecule has 2 aromatic rings. The van der Waals surface area contributed by atoms with E-state index in [0.717, 1.165) is 5.56 Å². The molecule has 4 rings (SSSR count). The molecule has 1 amide bonds. The van der Waals surface area contributed by atoms with Crippen LogP contribution in [0.4, 0.5) is 5.13 Å². The smallest absolute Gasteiger partial charge is 0.267 e. The van der Waals surface area contributed by atoms with Crippen LogP contribution in [0.15, 0.2) is 52.3 Å². The molecule has 1 aromatic heterocycles. The number of carbonyl (C=O) groups is 1. The molecule has 1 fully saturated rings. The first-order chi connectivity index (χ1) is 12.2. The molecule has 1 aromatic carbocycles. The van der Waals surface area contributed by atoms with Crippen LogP contribution in [0, 0.1) is 0 Å². The average Bonchev–Trinajstić information content (AvgIpc) is 3.33. The molecule has 2 aliphatic heterocycles. The molecule has 25 heavy (non-hydrogen) atoms. The summed E-state index contributed by atoms with van der Waals surface area (Å²) in [4.78, 5) is 23.5. The quantitative estimate of drug-likeness (QED) is 0.606. The predicted molar refractivity (Wildman–Crippen MR) is 99.3 cm³/mol. The van der Waals surface area contributed by atoms with Gasteiger partial charge in [-0.15, -0.1) is 17.9 Å². The van der Waals surface area contributed by atoms with Crippen LogP contribution < -0.4 is 9.47 Å². The number of aliphatic imine (C=N–C) groups is 1. The van der Waals surface area contributed by atoms with E-state index in [1.165, 1.54) is 23.1 Å². The van der Waals surface area contributed by atoms with Crippen molar-refractivity contribution in [2.45, 2.75) is 0 Å². The second-order valence-corrected chi connectivity index (χ2v) is 7.02. The normalized spacial score (nSPS) is 19.2. The van der Waals surface area contributed by atoms with Crippen LogP contribution in [0.2, 0.25) is 0 Å². The Hall–Kier alpha value is -2.58. The van der Waals surface area contributed by atoms with Crippen molar-refractivity contribution in [1.82, 2.24) is 9.88 Å². The van der Waals surface area contributed by atoms with Gasteiger partial charge in [0.1, 0.15) is 0 Å². The van der Waals surface area contributed by atoms with E-state index in [1.54, 1.807) is 17.2 Å². The highest BCUT2D eigenvalue weighted by Gasteiger charge is 2.33. The van der Waals surface area contributed by atoms with Crippen LogP contribution in [0.5, 0.6) is 11.5 Å². The van der Waals surface area contributed by atoms with E-state index in [9.17, 15) is 4.79 Å². The lowest BCUT2D eigenvalue weighted by Crippen LogP contribution is -2.29. The van der Waals surface area contributed by atoms with Gasteiger partial charge in [-0.3, -0.25) is 9.69 Å². The Bertz CT molecular complexity index is 891. The summed E-state index contributed by atoms with van der Waals surface area (Å²) in [6.45, 7) is 4.34. The second kappa shape index (κ2) is 6.73. The summed E-state index contributed by atoms with van der Waals surface area (Å²) in [6, 6.07) is 5.59. The lowest BCUT2D eigenvalue weighted by atomic mass is 10.2. The molecule has 6 nitrogen and oxygen atoms in total. The number of thioether (sulfide) groups is 1. The largest absolute Gasteiger partial charge is 0.454 e. The van der Waals surface area contributed by atoms with Crippen molar-refractivity contribution in [2.75, 3.05) is 13.3 Å². The first-order valence-corrected chi connectivity index (χ1v) is 9.14. The van der Waals surface area contributed by atoms with Crippen LogP contribution >= 0.6 is 23.1 Å². The lowest BCUT2D eigenvalue weighted by molar-refractivity contribution is -0.121. The summed E-state index contributed by atoms with van der Waals surface area (Å²) in [7, 11) is 0. The highest BCUT2D eigenvalue weighted by molar-refractivity contribution is 8.18. The number of rotatable bonds is 4. The van der Waals surface area contributed by atoms with E-state index >= 15 is 0 Å². The zero-order valence-electron chi connectivity index (χ0n) is 13.0. The number of hydrogen-bond acceptors (Lipinski definition) is 7. The van der Waals surface area contributed by atoms with Crippen LogP contribution in [0.3, 0.4) is 0 Å². The molecule has 0 N–H and O–H groups in total. The van der Waals surface area contributed by atoms with E-state index in [-0.39, 0.29) is 12.7 Å². The van der Waals surface area contributed by atoms with Gasteiger partial charge < -0.3 is 9.47 Å². The van der Waals surface area contributed by atoms with E-state index < -0.39 is 0 Å².